The van der Waals surface area contributed by atoms with Gasteiger partial charge in [0, 0.05) is 25.3 Å². The third kappa shape index (κ3) is 5.31. The van der Waals surface area contributed by atoms with Crippen LogP contribution < -0.4 is 10.6 Å². The van der Waals surface area contributed by atoms with Crippen LogP contribution in [0.4, 0.5) is 24.5 Å². The van der Waals surface area contributed by atoms with Crippen LogP contribution in [0.3, 0.4) is 0 Å². The summed E-state index contributed by atoms with van der Waals surface area (Å²) in [4.78, 5) is 25.5. The third-order valence-corrected chi connectivity index (χ3v) is 5.85. The first-order valence-electron chi connectivity index (χ1n) is 10.7. The number of carbonyl (C=O) groups excluding carboxylic acids is 2. The van der Waals surface area contributed by atoms with Gasteiger partial charge in [0.1, 0.15) is 6.26 Å². The van der Waals surface area contributed by atoms with E-state index in [-0.39, 0.29) is 37.0 Å². The predicted molar refractivity (Wildman–Crippen MR) is 119 cm³/mol. The smallest absolute Gasteiger partial charge is 0.418 e. The van der Waals surface area contributed by atoms with Gasteiger partial charge in [0.05, 0.1) is 35.1 Å². The van der Waals surface area contributed by atoms with Crippen molar-refractivity contribution in [2.75, 3.05) is 18.5 Å². The predicted octanol–water partition coefficient (Wildman–Crippen LogP) is 5.34. The van der Waals surface area contributed by atoms with E-state index in [1.54, 1.807) is 30.3 Å². The number of hydrogen-bond acceptors (Lipinski definition) is 5. The third-order valence-electron chi connectivity index (χ3n) is 5.85. The van der Waals surface area contributed by atoms with Crippen LogP contribution in [0.1, 0.15) is 34.3 Å². The fraction of sp³-hybridized carbons (Fsp3) is 0.280. The van der Waals surface area contributed by atoms with Crippen molar-refractivity contribution in [1.29, 1.82) is 0 Å². The number of hydrogen-bond donors (Lipinski definition) is 2. The van der Waals surface area contributed by atoms with E-state index in [9.17, 15) is 22.8 Å². The zero-order valence-corrected chi connectivity index (χ0v) is 18.2. The molecule has 0 spiro atoms. The second-order valence-electron chi connectivity index (χ2n) is 8.24. The van der Waals surface area contributed by atoms with Crippen LogP contribution in [-0.2, 0) is 22.3 Å². The molecule has 1 atom stereocenters. The molecule has 1 aliphatic heterocycles. The molecule has 4 rings (SSSR count). The monoisotopic (exact) mass is 472 g/mol. The van der Waals surface area contributed by atoms with Gasteiger partial charge in [0.2, 0.25) is 5.91 Å². The Hall–Kier alpha value is -3.59. The minimum Gasteiger partial charge on any atom is -0.472 e. The highest BCUT2D eigenvalue weighted by Crippen LogP contribution is 2.36. The van der Waals surface area contributed by atoms with Crippen molar-refractivity contribution in [3.63, 3.8) is 0 Å². The summed E-state index contributed by atoms with van der Waals surface area (Å²) in [5, 5.41) is 5.65. The highest BCUT2D eigenvalue weighted by molar-refractivity contribution is 5.99. The number of benzene rings is 2. The number of ketones is 1. The molecule has 178 valence electrons. The van der Waals surface area contributed by atoms with E-state index in [0.717, 1.165) is 11.6 Å². The van der Waals surface area contributed by atoms with E-state index in [4.69, 9.17) is 9.15 Å². The average Bonchev–Trinajstić information content (AvgIpc) is 3.51. The van der Waals surface area contributed by atoms with Crippen molar-refractivity contribution in [3.8, 4) is 0 Å². The van der Waals surface area contributed by atoms with Gasteiger partial charge >= 0.3 is 6.18 Å². The molecule has 0 bridgehead atoms. The molecular formula is C25H23F3N2O4. The highest BCUT2D eigenvalue weighted by atomic mass is 19.4. The zero-order chi connectivity index (χ0) is 24.2. The summed E-state index contributed by atoms with van der Waals surface area (Å²) in [7, 11) is 0. The van der Waals surface area contributed by atoms with Crippen molar-refractivity contribution in [3.05, 3.63) is 83.8 Å². The molecule has 1 aliphatic rings. The number of nitrogens with one attached hydrogen (secondary N) is 2. The first-order chi connectivity index (χ1) is 16.3. The fourth-order valence-electron chi connectivity index (χ4n) is 3.91. The van der Waals surface area contributed by atoms with Crippen molar-refractivity contribution >= 4 is 23.1 Å². The maximum atomic E-state index is 13.2. The molecule has 1 amide bonds. The summed E-state index contributed by atoms with van der Waals surface area (Å²) in [6, 6.07) is 13.5. The number of para-hydroxylation sites is 1. The molecule has 0 saturated carbocycles. The van der Waals surface area contributed by atoms with Gasteiger partial charge in [-0.1, -0.05) is 24.3 Å². The maximum absolute atomic E-state index is 13.2. The van der Waals surface area contributed by atoms with Crippen molar-refractivity contribution in [2.24, 2.45) is 5.41 Å². The number of alkyl halides is 3. The van der Waals surface area contributed by atoms with Gasteiger partial charge in [-0.05, 0) is 42.3 Å². The summed E-state index contributed by atoms with van der Waals surface area (Å²) in [5.41, 5.74) is -0.0792. The first-order valence-corrected chi connectivity index (χ1v) is 10.7. The molecule has 1 aromatic heterocycles. The number of carbonyl (C=O) groups is 2. The lowest BCUT2D eigenvalue weighted by atomic mass is 9.80. The number of amides is 1. The van der Waals surface area contributed by atoms with Crippen LogP contribution in [0.15, 0.2) is 71.5 Å². The number of ether oxygens (including phenoxy) is 1. The van der Waals surface area contributed by atoms with Crippen molar-refractivity contribution < 1.29 is 31.9 Å². The van der Waals surface area contributed by atoms with Gasteiger partial charge in [-0.2, -0.15) is 13.2 Å². The second-order valence-corrected chi connectivity index (χ2v) is 8.24. The van der Waals surface area contributed by atoms with E-state index in [2.05, 4.69) is 10.6 Å². The lowest BCUT2D eigenvalue weighted by molar-refractivity contribution is -0.137. The molecule has 2 aromatic carbocycles. The number of rotatable bonds is 8. The second kappa shape index (κ2) is 9.72. The van der Waals surface area contributed by atoms with E-state index < -0.39 is 17.2 Å². The van der Waals surface area contributed by atoms with Crippen LogP contribution in [0, 0.1) is 5.41 Å². The molecule has 0 aliphatic carbocycles. The number of anilines is 2. The van der Waals surface area contributed by atoms with Crippen LogP contribution in [0.5, 0.6) is 0 Å². The molecule has 1 fully saturated rings. The Kier molecular flexibility index (Phi) is 6.74. The van der Waals surface area contributed by atoms with E-state index >= 15 is 0 Å². The maximum Gasteiger partial charge on any atom is 0.418 e. The summed E-state index contributed by atoms with van der Waals surface area (Å²) in [5.74, 6) is -0.466. The summed E-state index contributed by atoms with van der Waals surface area (Å²) >= 11 is 0. The molecule has 34 heavy (non-hydrogen) atoms. The zero-order valence-electron chi connectivity index (χ0n) is 18.2. The summed E-state index contributed by atoms with van der Waals surface area (Å²) in [6.07, 6.45) is -1.26. The number of furan rings is 1. The molecule has 3 aromatic rings. The Morgan fingerprint density at radius 2 is 1.79 bits per heavy atom. The van der Waals surface area contributed by atoms with Gasteiger partial charge in [0.25, 0.3) is 0 Å². The Labute approximate surface area is 194 Å². The highest BCUT2D eigenvalue weighted by Gasteiger charge is 2.44. The standard InChI is InChI=1S/C25H23F3N2O4/c26-25(27,28)20-3-1-2-4-21(20)30-19-7-5-17(6-8-19)14-29-23(32)24(10-12-34-16-24)13-22(31)18-9-11-33-15-18/h1-9,11,15,30H,10,12-14,16H2,(H,29,32)/t24-/m0/s1. The Morgan fingerprint density at radius 3 is 2.44 bits per heavy atom. The summed E-state index contributed by atoms with van der Waals surface area (Å²) in [6.45, 7) is 0.760. The van der Waals surface area contributed by atoms with Crippen LogP contribution >= 0.6 is 0 Å². The van der Waals surface area contributed by atoms with E-state index in [1.165, 1.54) is 30.7 Å². The molecule has 9 heteroatoms. The van der Waals surface area contributed by atoms with E-state index in [0.29, 0.717) is 24.3 Å². The SMILES string of the molecule is O=C(C[C@@]1(C(=O)NCc2ccc(Nc3ccccc3C(F)(F)F)cc2)CCOC1)c1ccoc1. The van der Waals surface area contributed by atoms with Gasteiger partial charge in [-0.25, -0.2) is 0 Å². The Balaban J connectivity index is 1.38. The molecule has 6 nitrogen and oxygen atoms in total. The number of halogens is 3. The lowest BCUT2D eigenvalue weighted by Crippen LogP contribution is -2.42. The largest absolute Gasteiger partial charge is 0.472 e. The van der Waals surface area contributed by atoms with Crippen molar-refractivity contribution in [1.82, 2.24) is 5.32 Å². The molecular weight excluding hydrogens is 449 g/mol. The first kappa shape index (κ1) is 23.6. The van der Waals surface area contributed by atoms with Gasteiger partial charge in [0.15, 0.2) is 5.78 Å². The normalized spacial score (nSPS) is 18.0. The fourth-order valence-corrected chi connectivity index (χ4v) is 3.91. The Bertz CT molecular complexity index is 1140. The minimum atomic E-state index is -4.47. The van der Waals surface area contributed by atoms with Gasteiger partial charge in [-0.3, -0.25) is 9.59 Å². The minimum absolute atomic E-state index is 0.0137. The van der Waals surface area contributed by atoms with Gasteiger partial charge < -0.3 is 19.8 Å². The topological polar surface area (TPSA) is 80.6 Å². The van der Waals surface area contributed by atoms with Crippen LogP contribution in [-0.4, -0.2) is 24.9 Å². The van der Waals surface area contributed by atoms with Crippen LogP contribution in [0.2, 0.25) is 0 Å². The molecule has 0 radical (unpaired) electrons. The number of Topliss-reactive ketones (excluding diaryl/α,β-unsaturated/α-hetero) is 1. The Morgan fingerprint density at radius 1 is 1.03 bits per heavy atom. The molecule has 2 N–H and O–H groups in total. The molecule has 1 saturated heterocycles. The molecule has 0 unspecified atom stereocenters. The van der Waals surface area contributed by atoms with Crippen LogP contribution in [0.25, 0.3) is 0 Å². The summed E-state index contributed by atoms with van der Waals surface area (Å²) < 4.78 is 50.0. The quantitative estimate of drug-likeness (QED) is 0.433. The molecule has 2 heterocycles. The lowest BCUT2D eigenvalue weighted by Gasteiger charge is -2.25. The van der Waals surface area contributed by atoms with Crippen molar-refractivity contribution in [2.45, 2.75) is 25.6 Å². The van der Waals surface area contributed by atoms with Gasteiger partial charge in [-0.15, -0.1) is 0 Å². The van der Waals surface area contributed by atoms with E-state index in [1.807, 2.05) is 0 Å². The average molecular weight is 472 g/mol.